The van der Waals surface area contributed by atoms with Crippen molar-refractivity contribution in [2.45, 2.75) is 19.0 Å². The van der Waals surface area contributed by atoms with E-state index < -0.39 is 0 Å². The van der Waals surface area contributed by atoms with Crippen LogP contribution in [0.1, 0.15) is 18.5 Å². The summed E-state index contributed by atoms with van der Waals surface area (Å²) in [5, 5.41) is 3.62. The Morgan fingerprint density at radius 3 is 2.57 bits per heavy atom. The van der Waals surface area contributed by atoms with E-state index in [4.69, 9.17) is 0 Å². The molecule has 0 aliphatic carbocycles. The molecule has 0 radical (unpaired) electrons. The van der Waals surface area contributed by atoms with Gasteiger partial charge in [0.05, 0.1) is 0 Å². The molecular formula is C12H18N2. The van der Waals surface area contributed by atoms with E-state index >= 15 is 0 Å². The van der Waals surface area contributed by atoms with Gasteiger partial charge in [-0.1, -0.05) is 30.3 Å². The summed E-state index contributed by atoms with van der Waals surface area (Å²) in [6.07, 6.45) is 0. The summed E-state index contributed by atoms with van der Waals surface area (Å²) in [7, 11) is 2.19. The first-order chi connectivity index (χ1) is 6.75. The Kier molecular flexibility index (Phi) is 2.85. The van der Waals surface area contributed by atoms with Crippen LogP contribution in [0.25, 0.3) is 0 Å². The minimum Gasteiger partial charge on any atom is -0.305 e. The highest BCUT2D eigenvalue weighted by Crippen LogP contribution is 2.17. The third-order valence-electron chi connectivity index (χ3n) is 2.77. The monoisotopic (exact) mass is 190 g/mol. The molecule has 0 aromatic heterocycles. The lowest BCUT2D eigenvalue weighted by molar-refractivity contribution is 0.200. The maximum absolute atomic E-state index is 3.62. The number of likely N-dealkylation sites (N-methyl/N-ethyl adjacent to an activating group) is 1. The smallest absolute Gasteiger partial charge is 0.0451 e. The van der Waals surface area contributed by atoms with Crippen LogP contribution in [0.4, 0.5) is 0 Å². The van der Waals surface area contributed by atoms with Crippen molar-refractivity contribution in [1.82, 2.24) is 10.2 Å². The second kappa shape index (κ2) is 4.11. The first kappa shape index (κ1) is 9.69. The van der Waals surface area contributed by atoms with Crippen molar-refractivity contribution < 1.29 is 0 Å². The molecule has 2 heteroatoms. The van der Waals surface area contributed by atoms with Crippen LogP contribution in [0.3, 0.4) is 0 Å². The fourth-order valence-corrected chi connectivity index (χ4v) is 2.19. The molecule has 1 heterocycles. The summed E-state index contributed by atoms with van der Waals surface area (Å²) in [5.41, 5.74) is 1.39. The van der Waals surface area contributed by atoms with Crippen LogP contribution in [0, 0.1) is 0 Å². The maximum atomic E-state index is 3.62. The molecule has 1 aliphatic rings. The Morgan fingerprint density at radius 1 is 1.21 bits per heavy atom. The van der Waals surface area contributed by atoms with E-state index in [1.807, 2.05) is 0 Å². The lowest BCUT2D eigenvalue weighted by atomic mass is 10.0. The molecule has 0 amide bonds. The average Bonchev–Trinajstić information content (AvgIpc) is 2.18. The van der Waals surface area contributed by atoms with Crippen LogP contribution in [-0.4, -0.2) is 31.1 Å². The molecule has 1 aliphatic heterocycles. The molecule has 2 rings (SSSR count). The van der Waals surface area contributed by atoms with Gasteiger partial charge >= 0.3 is 0 Å². The molecule has 1 saturated heterocycles. The predicted molar refractivity (Wildman–Crippen MR) is 59.3 cm³/mol. The van der Waals surface area contributed by atoms with Crippen molar-refractivity contribution in [1.29, 1.82) is 0 Å². The van der Waals surface area contributed by atoms with E-state index in [0.29, 0.717) is 12.1 Å². The molecule has 1 N–H and O–H groups in total. The van der Waals surface area contributed by atoms with Gasteiger partial charge in [0.1, 0.15) is 0 Å². The zero-order valence-corrected chi connectivity index (χ0v) is 8.90. The van der Waals surface area contributed by atoms with Gasteiger partial charge in [-0.25, -0.2) is 0 Å². The molecule has 2 unspecified atom stereocenters. The minimum absolute atomic E-state index is 0.491. The predicted octanol–water partition coefficient (Wildman–Crippen LogP) is 1.65. The quantitative estimate of drug-likeness (QED) is 0.724. The second-order valence-corrected chi connectivity index (χ2v) is 4.25. The van der Waals surface area contributed by atoms with Gasteiger partial charge in [0.25, 0.3) is 0 Å². The zero-order chi connectivity index (χ0) is 9.97. The number of piperazine rings is 1. The van der Waals surface area contributed by atoms with Gasteiger partial charge in [-0.2, -0.15) is 0 Å². The number of hydrogen-bond acceptors (Lipinski definition) is 2. The van der Waals surface area contributed by atoms with E-state index in [1.54, 1.807) is 0 Å². The molecule has 0 spiro atoms. The third kappa shape index (κ3) is 2.14. The van der Waals surface area contributed by atoms with Crippen molar-refractivity contribution in [2.24, 2.45) is 0 Å². The maximum Gasteiger partial charge on any atom is 0.0451 e. The van der Waals surface area contributed by atoms with E-state index in [1.165, 1.54) is 5.56 Å². The van der Waals surface area contributed by atoms with Crippen molar-refractivity contribution >= 4 is 0 Å². The minimum atomic E-state index is 0.491. The first-order valence-electron chi connectivity index (χ1n) is 5.25. The van der Waals surface area contributed by atoms with Crippen LogP contribution in [-0.2, 0) is 0 Å². The van der Waals surface area contributed by atoms with E-state index in [9.17, 15) is 0 Å². The van der Waals surface area contributed by atoms with Crippen molar-refractivity contribution in [3.8, 4) is 0 Å². The summed E-state index contributed by atoms with van der Waals surface area (Å²) in [4.78, 5) is 2.39. The van der Waals surface area contributed by atoms with Crippen LogP contribution >= 0.6 is 0 Å². The van der Waals surface area contributed by atoms with Gasteiger partial charge in [-0.3, -0.25) is 0 Å². The highest BCUT2D eigenvalue weighted by atomic mass is 15.2. The largest absolute Gasteiger partial charge is 0.305 e. The van der Waals surface area contributed by atoms with Crippen LogP contribution < -0.4 is 5.32 Å². The van der Waals surface area contributed by atoms with E-state index in [2.05, 4.69) is 54.5 Å². The summed E-state index contributed by atoms with van der Waals surface area (Å²) in [6.45, 7) is 4.49. The topological polar surface area (TPSA) is 15.3 Å². The van der Waals surface area contributed by atoms with Crippen molar-refractivity contribution in [3.05, 3.63) is 35.9 Å². The van der Waals surface area contributed by atoms with E-state index in [0.717, 1.165) is 13.1 Å². The highest BCUT2D eigenvalue weighted by molar-refractivity contribution is 5.20. The zero-order valence-electron chi connectivity index (χ0n) is 8.90. The molecular weight excluding hydrogens is 172 g/mol. The SMILES string of the molecule is CC1CN(C)CC(c2ccccc2)N1. The number of benzene rings is 1. The molecule has 1 fully saturated rings. The molecule has 1 aromatic carbocycles. The third-order valence-corrected chi connectivity index (χ3v) is 2.77. The van der Waals surface area contributed by atoms with Crippen LogP contribution in [0.15, 0.2) is 30.3 Å². The van der Waals surface area contributed by atoms with Gasteiger partial charge in [-0.05, 0) is 19.5 Å². The van der Waals surface area contributed by atoms with Crippen LogP contribution in [0.2, 0.25) is 0 Å². The molecule has 0 saturated carbocycles. The lowest BCUT2D eigenvalue weighted by Crippen LogP contribution is -2.49. The summed E-state index contributed by atoms with van der Waals surface area (Å²) in [5.74, 6) is 0. The van der Waals surface area contributed by atoms with Gasteiger partial charge in [-0.15, -0.1) is 0 Å². The van der Waals surface area contributed by atoms with Crippen molar-refractivity contribution in [2.75, 3.05) is 20.1 Å². The Labute approximate surface area is 85.9 Å². The Balaban J connectivity index is 2.11. The molecule has 76 valence electrons. The second-order valence-electron chi connectivity index (χ2n) is 4.25. The highest BCUT2D eigenvalue weighted by Gasteiger charge is 2.22. The Hall–Kier alpha value is -0.860. The summed E-state index contributed by atoms with van der Waals surface area (Å²) < 4.78 is 0. The molecule has 1 aromatic rings. The van der Waals surface area contributed by atoms with Gasteiger partial charge in [0.2, 0.25) is 0 Å². The summed E-state index contributed by atoms with van der Waals surface area (Å²) in [6, 6.07) is 11.8. The molecule has 0 bridgehead atoms. The Bertz CT molecular complexity index is 274. The van der Waals surface area contributed by atoms with Gasteiger partial charge in [0, 0.05) is 25.2 Å². The van der Waals surface area contributed by atoms with E-state index in [-0.39, 0.29) is 0 Å². The normalized spacial score (nSPS) is 29.0. The lowest BCUT2D eigenvalue weighted by Gasteiger charge is -2.35. The number of nitrogens with one attached hydrogen (secondary N) is 1. The standard InChI is InChI=1S/C12H18N2/c1-10-8-14(2)9-12(13-10)11-6-4-3-5-7-11/h3-7,10,12-13H,8-9H2,1-2H3. The number of nitrogens with zero attached hydrogens (tertiary/aromatic N) is 1. The molecule has 14 heavy (non-hydrogen) atoms. The molecule has 2 atom stereocenters. The average molecular weight is 190 g/mol. The van der Waals surface area contributed by atoms with Crippen molar-refractivity contribution in [3.63, 3.8) is 0 Å². The Morgan fingerprint density at radius 2 is 1.93 bits per heavy atom. The summed E-state index contributed by atoms with van der Waals surface area (Å²) >= 11 is 0. The fourth-order valence-electron chi connectivity index (χ4n) is 2.19. The number of hydrogen-bond donors (Lipinski definition) is 1. The fraction of sp³-hybridized carbons (Fsp3) is 0.500. The van der Waals surface area contributed by atoms with Gasteiger partial charge < -0.3 is 10.2 Å². The molecule has 2 nitrogen and oxygen atoms in total. The first-order valence-corrected chi connectivity index (χ1v) is 5.25. The number of rotatable bonds is 1. The van der Waals surface area contributed by atoms with Crippen LogP contribution in [0.5, 0.6) is 0 Å². The van der Waals surface area contributed by atoms with Gasteiger partial charge in [0.15, 0.2) is 0 Å².